The third-order valence-corrected chi connectivity index (χ3v) is 3.08. The fourth-order valence-electron chi connectivity index (χ4n) is 2.21. The molecule has 0 aliphatic carbocycles. The molecule has 2 rings (SSSR count). The lowest BCUT2D eigenvalue weighted by Gasteiger charge is -2.19. The molecule has 1 fully saturated rings. The van der Waals surface area contributed by atoms with Crippen LogP contribution >= 0.6 is 0 Å². The van der Waals surface area contributed by atoms with Gasteiger partial charge in [-0.15, -0.1) is 0 Å². The summed E-state index contributed by atoms with van der Waals surface area (Å²) in [6.07, 6.45) is 6.13. The van der Waals surface area contributed by atoms with Crippen molar-refractivity contribution in [2.45, 2.75) is 32.4 Å². The van der Waals surface area contributed by atoms with Crippen LogP contribution in [-0.4, -0.2) is 23.0 Å². The zero-order chi connectivity index (χ0) is 11.4. The van der Waals surface area contributed by atoms with Crippen LogP contribution in [0.15, 0.2) is 12.4 Å². The lowest BCUT2D eigenvalue weighted by molar-refractivity contribution is 0.177. The summed E-state index contributed by atoms with van der Waals surface area (Å²) in [7, 11) is 0. The van der Waals surface area contributed by atoms with Gasteiger partial charge in [-0.1, -0.05) is 6.92 Å². The van der Waals surface area contributed by atoms with Gasteiger partial charge in [-0.2, -0.15) is 5.10 Å². The maximum atomic E-state index is 5.63. The van der Waals surface area contributed by atoms with Gasteiger partial charge in [0.2, 0.25) is 0 Å². The highest BCUT2D eigenvalue weighted by Crippen LogP contribution is 2.27. The molecule has 2 heterocycles. The number of rotatable bonds is 5. The van der Waals surface area contributed by atoms with E-state index in [0.717, 1.165) is 38.2 Å². The van der Waals surface area contributed by atoms with Crippen LogP contribution in [0.5, 0.6) is 0 Å². The van der Waals surface area contributed by atoms with Gasteiger partial charge in [0.1, 0.15) is 0 Å². The second-order valence-corrected chi connectivity index (χ2v) is 4.30. The van der Waals surface area contributed by atoms with E-state index in [9.17, 15) is 0 Å². The fraction of sp³-hybridized carbons (Fsp3) is 0.727. The Kier molecular flexibility index (Phi) is 3.93. The zero-order valence-electron chi connectivity index (χ0n) is 9.72. The van der Waals surface area contributed by atoms with Gasteiger partial charge in [-0.3, -0.25) is 16.0 Å². The van der Waals surface area contributed by atoms with E-state index in [4.69, 9.17) is 10.6 Å². The Morgan fingerprint density at radius 2 is 2.62 bits per heavy atom. The predicted molar refractivity (Wildman–Crippen MR) is 61.5 cm³/mol. The van der Waals surface area contributed by atoms with Crippen molar-refractivity contribution in [3.8, 4) is 0 Å². The van der Waals surface area contributed by atoms with Crippen LogP contribution in [0, 0.1) is 5.92 Å². The number of hydrogen-bond donors (Lipinski definition) is 2. The number of aryl methyl sites for hydroxylation is 1. The number of nitrogens with one attached hydrogen (secondary N) is 1. The molecule has 2 atom stereocenters. The summed E-state index contributed by atoms with van der Waals surface area (Å²) in [5.41, 5.74) is 4.04. The Hall–Kier alpha value is -0.910. The Labute approximate surface area is 95.9 Å². The van der Waals surface area contributed by atoms with Crippen LogP contribution in [0.3, 0.4) is 0 Å². The van der Waals surface area contributed by atoms with Crippen molar-refractivity contribution in [2.75, 3.05) is 13.2 Å². The first-order chi connectivity index (χ1) is 7.85. The Morgan fingerprint density at radius 3 is 3.25 bits per heavy atom. The van der Waals surface area contributed by atoms with E-state index in [1.165, 1.54) is 0 Å². The minimum Gasteiger partial charge on any atom is -0.381 e. The van der Waals surface area contributed by atoms with E-state index >= 15 is 0 Å². The average molecular weight is 224 g/mol. The monoisotopic (exact) mass is 224 g/mol. The molecule has 5 heteroatoms. The first-order valence-corrected chi connectivity index (χ1v) is 5.91. The molecule has 0 bridgehead atoms. The van der Waals surface area contributed by atoms with Gasteiger partial charge in [0, 0.05) is 30.8 Å². The van der Waals surface area contributed by atoms with E-state index < -0.39 is 0 Å². The van der Waals surface area contributed by atoms with Crippen LogP contribution in [0.2, 0.25) is 0 Å². The summed E-state index contributed by atoms with van der Waals surface area (Å²) in [4.78, 5) is 0. The number of hydrazine groups is 1. The van der Waals surface area contributed by atoms with Crippen LogP contribution in [0.25, 0.3) is 0 Å². The van der Waals surface area contributed by atoms with E-state index in [1.807, 2.05) is 10.9 Å². The molecule has 1 aliphatic rings. The molecule has 1 saturated heterocycles. The average Bonchev–Trinajstić information content (AvgIpc) is 2.92. The van der Waals surface area contributed by atoms with Crippen molar-refractivity contribution in [1.29, 1.82) is 0 Å². The van der Waals surface area contributed by atoms with Gasteiger partial charge in [0.15, 0.2) is 0 Å². The second kappa shape index (κ2) is 5.43. The van der Waals surface area contributed by atoms with Gasteiger partial charge in [-0.05, 0) is 12.8 Å². The third-order valence-electron chi connectivity index (χ3n) is 3.08. The molecular weight excluding hydrogens is 204 g/mol. The standard InChI is InChI=1S/C11H20N4O/c1-2-4-15-7-10(6-13-15)11(14-12)9-3-5-16-8-9/h6-7,9,11,14H,2-5,8,12H2,1H3. The molecule has 1 aromatic heterocycles. The number of nitrogens with two attached hydrogens (primary N) is 1. The summed E-state index contributed by atoms with van der Waals surface area (Å²) in [5, 5.41) is 4.33. The van der Waals surface area contributed by atoms with Gasteiger partial charge in [0.05, 0.1) is 18.8 Å². The van der Waals surface area contributed by atoms with Crippen molar-refractivity contribution in [3.63, 3.8) is 0 Å². The first-order valence-electron chi connectivity index (χ1n) is 5.91. The highest BCUT2D eigenvalue weighted by molar-refractivity contribution is 5.12. The highest BCUT2D eigenvalue weighted by Gasteiger charge is 2.27. The van der Waals surface area contributed by atoms with Crippen LogP contribution in [0.4, 0.5) is 0 Å². The minimum absolute atomic E-state index is 0.160. The van der Waals surface area contributed by atoms with Crippen LogP contribution in [-0.2, 0) is 11.3 Å². The second-order valence-electron chi connectivity index (χ2n) is 4.30. The molecule has 0 spiro atoms. The lowest BCUT2D eigenvalue weighted by atomic mass is 9.95. The van der Waals surface area contributed by atoms with Crippen molar-refractivity contribution in [2.24, 2.45) is 11.8 Å². The Bertz CT molecular complexity index is 320. The molecule has 0 amide bonds. The molecule has 90 valence electrons. The molecule has 1 aromatic rings. The third kappa shape index (κ3) is 2.42. The van der Waals surface area contributed by atoms with E-state index in [2.05, 4.69) is 23.6 Å². The molecule has 0 aromatic carbocycles. The summed E-state index contributed by atoms with van der Waals surface area (Å²) in [6.45, 7) is 4.73. The summed E-state index contributed by atoms with van der Waals surface area (Å²) in [5.74, 6) is 6.09. The van der Waals surface area contributed by atoms with E-state index in [0.29, 0.717) is 5.92 Å². The van der Waals surface area contributed by atoms with Gasteiger partial charge in [0.25, 0.3) is 0 Å². The molecule has 5 nitrogen and oxygen atoms in total. The largest absolute Gasteiger partial charge is 0.381 e. The highest BCUT2D eigenvalue weighted by atomic mass is 16.5. The van der Waals surface area contributed by atoms with Crippen molar-refractivity contribution in [1.82, 2.24) is 15.2 Å². The molecule has 0 saturated carbocycles. The summed E-state index contributed by atoms with van der Waals surface area (Å²) in [6, 6.07) is 0.160. The van der Waals surface area contributed by atoms with E-state index in [1.54, 1.807) is 0 Å². The Balaban J connectivity index is 2.06. The Morgan fingerprint density at radius 1 is 1.75 bits per heavy atom. The van der Waals surface area contributed by atoms with Gasteiger partial charge >= 0.3 is 0 Å². The molecule has 16 heavy (non-hydrogen) atoms. The molecule has 1 aliphatic heterocycles. The molecule has 2 unspecified atom stereocenters. The normalized spacial score (nSPS) is 22.5. The number of aromatic nitrogens is 2. The van der Waals surface area contributed by atoms with Crippen molar-refractivity contribution >= 4 is 0 Å². The van der Waals surface area contributed by atoms with Gasteiger partial charge in [-0.25, -0.2) is 0 Å². The van der Waals surface area contributed by atoms with Crippen LogP contribution in [0.1, 0.15) is 31.4 Å². The number of ether oxygens (including phenoxy) is 1. The molecular formula is C11H20N4O. The predicted octanol–water partition coefficient (Wildman–Crippen LogP) is 0.834. The lowest BCUT2D eigenvalue weighted by Crippen LogP contribution is -2.33. The van der Waals surface area contributed by atoms with Gasteiger partial charge < -0.3 is 4.74 Å². The first kappa shape index (κ1) is 11.6. The smallest absolute Gasteiger partial charge is 0.0542 e. The maximum absolute atomic E-state index is 5.63. The zero-order valence-corrected chi connectivity index (χ0v) is 9.72. The topological polar surface area (TPSA) is 65.1 Å². The number of nitrogens with zero attached hydrogens (tertiary/aromatic N) is 2. The van der Waals surface area contributed by atoms with Crippen molar-refractivity contribution in [3.05, 3.63) is 18.0 Å². The quantitative estimate of drug-likeness (QED) is 0.574. The molecule has 3 N–H and O–H groups in total. The SMILES string of the molecule is CCCn1cc(C(NN)C2CCOC2)cn1. The minimum atomic E-state index is 0.160. The summed E-state index contributed by atoms with van der Waals surface area (Å²) >= 11 is 0. The fourth-order valence-corrected chi connectivity index (χ4v) is 2.21. The van der Waals surface area contributed by atoms with E-state index in [-0.39, 0.29) is 6.04 Å². The van der Waals surface area contributed by atoms with Crippen LogP contribution < -0.4 is 11.3 Å². The molecule has 0 radical (unpaired) electrons. The summed E-state index contributed by atoms with van der Waals surface area (Å²) < 4.78 is 7.36. The maximum Gasteiger partial charge on any atom is 0.0542 e. The number of hydrogen-bond acceptors (Lipinski definition) is 4. The van der Waals surface area contributed by atoms with Crippen molar-refractivity contribution < 1.29 is 4.74 Å².